The molecule has 0 bridgehead atoms. The first-order chi connectivity index (χ1) is 12.1. The van der Waals surface area contributed by atoms with Gasteiger partial charge in [-0.15, -0.1) is 0 Å². The van der Waals surface area contributed by atoms with Crippen molar-refractivity contribution < 1.29 is 4.79 Å². The van der Waals surface area contributed by atoms with E-state index >= 15 is 0 Å². The monoisotopic (exact) mass is 331 g/mol. The third-order valence-corrected chi connectivity index (χ3v) is 3.99. The molecule has 0 aliphatic heterocycles. The predicted molar refractivity (Wildman–Crippen MR) is 102 cm³/mol. The van der Waals surface area contributed by atoms with E-state index in [-0.39, 0.29) is 5.91 Å². The smallest absolute Gasteiger partial charge is 0.259 e. The highest BCUT2D eigenvalue weighted by Gasteiger charge is 2.18. The molecule has 0 aliphatic carbocycles. The van der Waals surface area contributed by atoms with Gasteiger partial charge < -0.3 is 4.90 Å². The second kappa shape index (κ2) is 7.62. The minimum Gasteiger partial charge on any atom is -0.378 e. The average molecular weight is 331 g/mol. The Morgan fingerprint density at radius 1 is 0.880 bits per heavy atom. The number of amides is 1. The van der Waals surface area contributed by atoms with Gasteiger partial charge in [-0.2, -0.15) is 0 Å². The first-order valence-corrected chi connectivity index (χ1v) is 8.19. The molecule has 0 fully saturated rings. The Balaban J connectivity index is 1.90. The number of hydrogen-bond acceptors (Lipinski definition) is 3. The van der Waals surface area contributed by atoms with E-state index in [4.69, 9.17) is 0 Å². The van der Waals surface area contributed by atoms with Gasteiger partial charge in [0.15, 0.2) is 0 Å². The lowest BCUT2D eigenvalue weighted by atomic mass is 10.1. The van der Waals surface area contributed by atoms with E-state index in [0.717, 1.165) is 11.3 Å². The number of carbonyl (C=O) groups excluding carboxylic acids is 1. The first kappa shape index (κ1) is 16.7. The molecule has 0 unspecified atom stereocenters. The summed E-state index contributed by atoms with van der Waals surface area (Å²) in [5.41, 5.74) is 2.83. The minimum absolute atomic E-state index is 0.0593. The van der Waals surface area contributed by atoms with Crippen molar-refractivity contribution in [3.8, 4) is 0 Å². The number of benzene rings is 2. The molecule has 3 aromatic rings. The summed E-state index contributed by atoms with van der Waals surface area (Å²) in [4.78, 5) is 21.1. The van der Waals surface area contributed by atoms with Gasteiger partial charge in [0.1, 0.15) is 5.82 Å². The van der Waals surface area contributed by atoms with Crippen LogP contribution in [-0.4, -0.2) is 25.0 Å². The van der Waals surface area contributed by atoms with Gasteiger partial charge in [0, 0.05) is 31.5 Å². The highest BCUT2D eigenvalue weighted by molar-refractivity contribution is 6.05. The van der Waals surface area contributed by atoms with Crippen LogP contribution in [0.15, 0.2) is 79.0 Å². The van der Waals surface area contributed by atoms with Gasteiger partial charge in [-0.1, -0.05) is 36.4 Å². The van der Waals surface area contributed by atoms with Gasteiger partial charge in [-0.3, -0.25) is 9.69 Å². The van der Waals surface area contributed by atoms with Crippen LogP contribution in [0.4, 0.5) is 11.5 Å². The summed E-state index contributed by atoms with van der Waals surface area (Å²) in [5, 5.41) is 0. The maximum absolute atomic E-state index is 13.0. The van der Waals surface area contributed by atoms with Crippen LogP contribution in [-0.2, 0) is 6.54 Å². The number of hydrogen-bond donors (Lipinski definition) is 0. The second-order valence-electron chi connectivity index (χ2n) is 6.01. The van der Waals surface area contributed by atoms with E-state index in [2.05, 4.69) is 22.0 Å². The molecule has 4 nitrogen and oxygen atoms in total. The molecule has 25 heavy (non-hydrogen) atoms. The number of nitrogens with zero attached hydrogens (tertiary/aromatic N) is 3. The molecule has 0 atom stereocenters. The fourth-order valence-electron chi connectivity index (χ4n) is 2.59. The Kier molecular flexibility index (Phi) is 5.09. The zero-order valence-corrected chi connectivity index (χ0v) is 14.5. The van der Waals surface area contributed by atoms with Crippen LogP contribution in [0.25, 0.3) is 0 Å². The van der Waals surface area contributed by atoms with Gasteiger partial charge in [0.2, 0.25) is 0 Å². The summed E-state index contributed by atoms with van der Waals surface area (Å²) in [6.45, 7) is 0.471. The molecule has 0 N–H and O–H groups in total. The van der Waals surface area contributed by atoms with E-state index < -0.39 is 0 Å². The largest absolute Gasteiger partial charge is 0.378 e. The van der Waals surface area contributed by atoms with Gasteiger partial charge in [-0.25, -0.2) is 4.98 Å². The molecule has 0 saturated heterocycles. The number of anilines is 2. The number of rotatable bonds is 5. The molecule has 126 valence electrons. The van der Waals surface area contributed by atoms with E-state index in [9.17, 15) is 4.79 Å². The topological polar surface area (TPSA) is 36.4 Å². The van der Waals surface area contributed by atoms with E-state index in [1.807, 2.05) is 74.8 Å². The van der Waals surface area contributed by atoms with Gasteiger partial charge in [0.25, 0.3) is 5.91 Å². The Morgan fingerprint density at radius 3 is 2.16 bits per heavy atom. The molecule has 1 heterocycles. The highest BCUT2D eigenvalue weighted by atomic mass is 16.2. The van der Waals surface area contributed by atoms with E-state index in [1.165, 1.54) is 0 Å². The normalized spacial score (nSPS) is 10.3. The molecule has 0 saturated carbocycles. The van der Waals surface area contributed by atoms with Crippen molar-refractivity contribution in [3.05, 3.63) is 90.1 Å². The molecular formula is C21H21N3O. The first-order valence-electron chi connectivity index (χ1n) is 8.19. The van der Waals surface area contributed by atoms with E-state index in [0.29, 0.717) is 17.9 Å². The molecule has 1 amide bonds. The lowest BCUT2D eigenvalue weighted by Gasteiger charge is -2.22. The number of carbonyl (C=O) groups is 1. The van der Waals surface area contributed by atoms with E-state index in [1.54, 1.807) is 11.1 Å². The van der Waals surface area contributed by atoms with Crippen LogP contribution in [0.3, 0.4) is 0 Å². The molecule has 0 aliphatic rings. The maximum atomic E-state index is 13.0. The summed E-state index contributed by atoms with van der Waals surface area (Å²) in [6, 6.07) is 23.1. The van der Waals surface area contributed by atoms with Crippen LogP contribution >= 0.6 is 0 Å². The number of pyridine rings is 1. The zero-order chi connectivity index (χ0) is 17.6. The third-order valence-electron chi connectivity index (χ3n) is 3.99. The molecule has 0 spiro atoms. The molecule has 3 rings (SSSR count). The summed E-state index contributed by atoms with van der Waals surface area (Å²) < 4.78 is 0. The van der Waals surface area contributed by atoms with Crippen LogP contribution in [0, 0.1) is 0 Å². The van der Waals surface area contributed by atoms with Crippen molar-refractivity contribution >= 4 is 17.4 Å². The van der Waals surface area contributed by atoms with Gasteiger partial charge in [0.05, 0.1) is 6.54 Å². The molecule has 0 radical (unpaired) electrons. The lowest BCUT2D eigenvalue weighted by Crippen LogP contribution is -2.31. The maximum Gasteiger partial charge on any atom is 0.259 e. The zero-order valence-electron chi connectivity index (χ0n) is 14.5. The Morgan fingerprint density at radius 2 is 1.56 bits per heavy atom. The van der Waals surface area contributed by atoms with Crippen molar-refractivity contribution in [1.82, 2.24) is 4.98 Å². The van der Waals surface area contributed by atoms with Crippen molar-refractivity contribution in [3.63, 3.8) is 0 Å². The van der Waals surface area contributed by atoms with Crippen LogP contribution < -0.4 is 9.80 Å². The summed E-state index contributed by atoms with van der Waals surface area (Å²) >= 11 is 0. The SMILES string of the molecule is CN(C)c1ccc(CN(C(=O)c2ccccc2)c2ccccn2)cc1. The average Bonchev–Trinajstić information content (AvgIpc) is 2.67. The highest BCUT2D eigenvalue weighted by Crippen LogP contribution is 2.19. The Bertz CT molecular complexity index is 815. The van der Waals surface area contributed by atoms with Crippen molar-refractivity contribution in [2.75, 3.05) is 23.9 Å². The van der Waals surface area contributed by atoms with Gasteiger partial charge >= 0.3 is 0 Å². The number of aromatic nitrogens is 1. The summed E-state index contributed by atoms with van der Waals surface area (Å²) in [7, 11) is 4.02. The molecule has 1 aromatic heterocycles. The molecular weight excluding hydrogens is 310 g/mol. The second-order valence-corrected chi connectivity index (χ2v) is 6.01. The third kappa shape index (κ3) is 4.04. The van der Waals surface area contributed by atoms with Crippen molar-refractivity contribution in [2.45, 2.75) is 6.54 Å². The fourth-order valence-corrected chi connectivity index (χ4v) is 2.59. The van der Waals surface area contributed by atoms with Crippen LogP contribution in [0.1, 0.15) is 15.9 Å². The summed E-state index contributed by atoms with van der Waals surface area (Å²) in [6.07, 6.45) is 1.70. The Labute approximate surface area is 148 Å². The molecule has 2 aromatic carbocycles. The van der Waals surface area contributed by atoms with Crippen molar-refractivity contribution in [2.24, 2.45) is 0 Å². The summed E-state index contributed by atoms with van der Waals surface area (Å²) in [5.74, 6) is 0.587. The van der Waals surface area contributed by atoms with Gasteiger partial charge in [-0.05, 0) is 42.0 Å². The van der Waals surface area contributed by atoms with Crippen LogP contribution in [0.5, 0.6) is 0 Å². The van der Waals surface area contributed by atoms with Crippen molar-refractivity contribution in [1.29, 1.82) is 0 Å². The lowest BCUT2D eigenvalue weighted by molar-refractivity contribution is 0.0984. The van der Waals surface area contributed by atoms with Crippen LogP contribution in [0.2, 0.25) is 0 Å². The quantitative estimate of drug-likeness (QED) is 0.709. The minimum atomic E-state index is -0.0593. The fraction of sp³-hybridized carbons (Fsp3) is 0.143. The molecule has 4 heteroatoms. The standard InChI is InChI=1S/C21H21N3O/c1-23(2)19-13-11-17(12-14-19)16-24(20-10-6-7-15-22-20)21(25)18-8-4-3-5-9-18/h3-15H,16H2,1-2H3. The Hall–Kier alpha value is -3.14. The predicted octanol–water partition coefficient (Wildman–Crippen LogP) is 3.99.